The van der Waals surface area contributed by atoms with E-state index in [1.54, 1.807) is 11.0 Å². The quantitative estimate of drug-likeness (QED) is 0.852. The minimum Gasteiger partial charge on any atom is -0.313 e. The minimum absolute atomic E-state index is 0.0000491. The van der Waals surface area contributed by atoms with E-state index in [4.69, 9.17) is 0 Å². The highest BCUT2D eigenvalue weighted by molar-refractivity contribution is 6.16. The van der Waals surface area contributed by atoms with Crippen LogP contribution in [0.2, 0.25) is 0 Å². The van der Waals surface area contributed by atoms with E-state index in [9.17, 15) is 9.59 Å². The molecular formula is C19H18N2O2. The summed E-state index contributed by atoms with van der Waals surface area (Å²) in [5, 5.41) is 0. The normalized spacial score (nSPS) is 19.0. The Labute approximate surface area is 135 Å². The van der Waals surface area contributed by atoms with Gasteiger partial charge in [-0.3, -0.25) is 14.5 Å². The van der Waals surface area contributed by atoms with Crippen molar-refractivity contribution in [3.63, 3.8) is 0 Å². The van der Waals surface area contributed by atoms with Gasteiger partial charge in [-0.2, -0.15) is 0 Å². The van der Waals surface area contributed by atoms with Crippen LogP contribution in [0.3, 0.4) is 0 Å². The van der Waals surface area contributed by atoms with Crippen molar-refractivity contribution in [1.82, 2.24) is 4.90 Å². The zero-order valence-electron chi connectivity index (χ0n) is 13.2. The van der Waals surface area contributed by atoms with E-state index in [0.717, 1.165) is 5.56 Å². The van der Waals surface area contributed by atoms with Crippen molar-refractivity contribution in [3.8, 4) is 0 Å². The fourth-order valence-corrected chi connectivity index (χ4v) is 3.55. The first-order valence-corrected chi connectivity index (χ1v) is 7.92. The average Bonchev–Trinajstić information content (AvgIpc) is 2.85. The van der Waals surface area contributed by atoms with Crippen molar-refractivity contribution in [2.45, 2.75) is 20.0 Å². The molecule has 116 valence electrons. The summed E-state index contributed by atoms with van der Waals surface area (Å²) in [5.41, 5.74) is 2.92. The van der Waals surface area contributed by atoms with Crippen LogP contribution in [-0.4, -0.2) is 23.3 Å². The molecule has 0 spiro atoms. The molecule has 0 fully saturated rings. The molecule has 4 heteroatoms. The largest absolute Gasteiger partial charge is 0.313 e. The Kier molecular flexibility index (Phi) is 3.01. The molecule has 2 heterocycles. The Balaban J connectivity index is 1.95. The maximum atomic E-state index is 13.0. The van der Waals surface area contributed by atoms with Crippen LogP contribution < -0.4 is 4.90 Å². The molecule has 2 aromatic carbocycles. The number of benzene rings is 2. The molecule has 0 aromatic heterocycles. The highest BCUT2D eigenvalue weighted by Gasteiger charge is 2.47. The van der Waals surface area contributed by atoms with Gasteiger partial charge >= 0.3 is 0 Å². The van der Waals surface area contributed by atoms with E-state index in [2.05, 4.69) is 13.8 Å². The molecule has 23 heavy (non-hydrogen) atoms. The van der Waals surface area contributed by atoms with Gasteiger partial charge in [0.1, 0.15) is 6.17 Å². The summed E-state index contributed by atoms with van der Waals surface area (Å²) in [7, 11) is 0. The van der Waals surface area contributed by atoms with Crippen LogP contribution in [0.4, 0.5) is 5.69 Å². The molecule has 0 radical (unpaired) electrons. The lowest BCUT2D eigenvalue weighted by Crippen LogP contribution is -2.49. The van der Waals surface area contributed by atoms with Crippen molar-refractivity contribution in [1.29, 1.82) is 0 Å². The molecule has 2 aromatic rings. The first-order chi connectivity index (χ1) is 11.1. The summed E-state index contributed by atoms with van der Waals surface area (Å²) < 4.78 is 0. The molecule has 0 aliphatic carbocycles. The molecule has 4 rings (SSSR count). The third-order valence-corrected chi connectivity index (χ3v) is 4.44. The van der Waals surface area contributed by atoms with Gasteiger partial charge in [0.25, 0.3) is 11.8 Å². The summed E-state index contributed by atoms with van der Waals surface area (Å²) in [6.45, 7) is 4.79. The maximum Gasteiger partial charge on any atom is 0.260 e. The predicted octanol–water partition coefficient (Wildman–Crippen LogP) is 3.46. The van der Waals surface area contributed by atoms with E-state index >= 15 is 0 Å². The van der Waals surface area contributed by atoms with Gasteiger partial charge in [-0.05, 0) is 24.1 Å². The molecule has 0 unspecified atom stereocenters. The Morgan fingerprint density at radius 1 is 0.913 bits per heavy atom. The average molecular weight is 306 g/mol. The van der Waals surface area contributed by atoms with Crippen LogP contribution in [0, 0.1) is 5.92 Å². The number of hydrogen-bond acceptors (Lipinski definition) is 2. The molecule has 0 N–H and O–H groups in total. The topological polar surface area (TPSA) is 40.6 Å². The van der Waals surface area contributed by atoms with E-state index in [-0.39, 0.29) is 18.0 Å². The molecule has 2 amide bonds. The number of fused-ring (bicyclic) bond motifs is 5. The molecular weight excluding hydrogens is 288 g/mol. The number of anilines is 1. The second kappa shape index (κ2) is 4.95. The van der Waals surface area contributed by atoms with Gasteiger partial charge in [0, 0.05) is 17.7 Å². The molecule has 0 saturated carbocycles. The third-order valence-electron chi connectivity index (χ3n) is 4.44. The smallest absolute Gasteiger partial charge is 0.260 e. The number of carbonyl (C=O) groups is 2. The zero-order valence-corrected chi connectivity index (χ0v) is 13.2. The summed E-state index contributed by atoms with van der Waals surface area (Å²) in [6, 6.07) is 15.0. The highest BCUT2D eigenvalue weighted by Crippen LogP contribution is 2.45. The minimum atomic E-state index is -0.330. The number of para-hydroxylation sites is 1. The van der Waals surface area contributed by atoms with Crippen LogP contribution in [0.25, 0.3) is 0 Å². The first-order valence-electron chi connectivity index (χ1n) is 7.92. The summed E-state index contributed by atoms with van der Waals surface area (Å²) in [4.78, 5) is 29.5. The van der Waals surface area contributed by atoms with Crippen LogP contribution in [0.1, 0.15) is 46.3 Å². The lowest BCUT2D eigenvalue weighted by molar-refractivity contribution is 0.0621. The zero-order chi connectivity index (χ0) is 16.1. The first kappa shape index (κ1) is 14.0. The van der Waals surface area contributed by atoms with E-state index in [0.29, 0.717) is 29.3 Å². The van der Waals surface area contributed by atoms with Crippen LogP contribution in [-0.2, 0) is 0 Å². The van der Waals surface area contributed by atoms with Gasteiger partial charge < -0.3 is 4.90 Å². The number of hydrogen-bond donors (Lipinski definition) is 0. The van der Waals surface area contributed by atoms with Gasteiger partial charge in [0.2, 0.25) is 0 Å². The number of carbonyl (C=O) groups excluding carboxylic acids is 2. The van der Waals surface area contributed by atoms with Crippen molar-refractivity contribution in [3.05, 3.63) is 65.2 Å². The van der Waals surface area contributed by atoms with E-state index < -0.39 is 0 Å². The third kappa shape index (κ3) is 1.91. The molecule has 0 bridgehead atoms. The predicted molar refractivity (Wildman–Crippen MR) is 88.3 cm³/mol. The van der Waals surface area contributed by atoms with Gasteiger partial charge in [-0.1, -0.05) is 44.2 Å². The number of rotatable bonds is 2. The Morgan fingerprint density at radius 2 is 1.57 bits per heavy atom. The Morgan fingerprint density at radius 3 is 2.30 bits per heavy atom. The molecule has 1 atom stereocenters. The lowest BCUT2D eigenvalue weighted by Gasteiger charge is -2.41. The van der Waals surface area contributed by atoms with E-state index in [1.807, 2.05) is 47.4 Å². The second-order valence-corrected chi connectivity index (χ2v) is 6.50. The number of nitrogens with zero attached hydrogens (tertiary/aromatic N) is 2. The van der Waals surface area contributed by atoms with Crippen molar-refractivity contribution < 1.29 is 9.59 Å². The van der Waals surface area contributed by atoms with Gasteiger partial charge in [0.15, 0.2) is 0 Å². The summed E-state index contributed by atoms with van der Waals surface area (Å²) >= 11 is 0. The van der Waals surface area contributed by atoms with Crippen LogP contribution in [0.5, 0.6) is 0 Å². The fraction of sp³-hybridized carbons (Fsp3) is 0.263. The van der Waals surface area contributed by atoms with Gasteiger partial charge in [-0.15, -0.1) is 0 Å². The van der Waals surface area contributed by atoms with Gasteiger partial charge in [0.05, 0.1) is 11.3 Å². The van der Waals surface area contributed by atoms with Crippen molar-refractivity contribution >= 4 is 17.5 Å². The van der Waals surface area contributed by atoms with Crippen molar-refractivity contribution in [2.24, 2.45) is 5.92 Å². The van der Waals surface area contributed by atoms with Crippen LogP contribution >= 0.6 is 0 Å². The van der Waals surface area contributed by atoms with Gasteiger partial charge in [-0.25, -0.2) is 0 Å². The fourth-order valence-electron chi connectivity index (χ4n) is 3.55. The van der Waals surface area contributed by atoms with Crippen molar-refractivity contribution in [2.75, 3.05) is 11.4 Å². The second-order valence-electron chi connectivity index (χ2n) is 6.50. The Hall–Kier alpha value is -2.62. The Bertz CT molecular complexity index is 813. The van der Waals surface area contributed by atoms with E-state index in [1.165, 1.54) is 0 Å². The molecule has 0 saturated heterocycles. The van der Waals surface area contributed by atoms with Crippen LogP contribution in [0.15, 0.2) is 48.5 Å². The summed E-state index contributed by atoms with van der Waals surface area (Å²) in [6.07, 6.45) is -0.330. The summed E-state index contributed by atoms with van der Waals surface area (Å²) in [5.74, 6) is 0.299. The standard InChI is InChI=1S/C19H18N2O2/c1-12(2)11-20-17-13-7-3-4-8-14(13)19(23)21(17)16-10-6-5-9-15(16)18(20)22/h3-10,12,17H,11H2,1-2H3/t17-/m1/s1. The molecule has 2 aliphatic rings. The highest BCUT2D eigenvalue weighted by atomic mass is 16.2. The number of amides is 2. The SMILES string of the molecule is CC(C)CN1C(=O)c2ccccc2N2C(=O)c3ccccc3[C@H]12. The molecule has 2 aliphatic heterocycles. The lowest BCUT2D eigenvalue weighted by atomic mass is 10.0. The molecule has 4 nitrogen and oxygen atoms in total. The monoisotopic (exact) mass is 306 g/mol. The maximum absolute atomic E-state index is 13.0.